The zero-order chi connectivity index (χ0) is 31.8. The van der Waals surface area contributed by atoms with Crippen LogP contribution in [0.4, 0.5) is 0 Å². The smallest absolute Gasteiger partial charge is 0.329 e. The number of nitrogens with zero attached hydrogens (tertiary/aromatic N) is 3. The Morgan fingerprint density at radius 3 is 1.27 bits per heavy atom. The van der Waals surface area contributed by atoms with Crippen LogP contribution in [0.15, 0.2) is 0 Å². The number of thioether (sulfide) groups is 2. The normalized spacial score (nSPS) is 9.93. The van der Waals surface area contributed by atoms with Crippen LogP contribution in [0, 0.1) is 0 Å². The topological polar surface area (TPSA) is 132 Å². The van der Waals surface area contributed by atoms with Gasteiger partial charge in [-0.2, -0.15) is 33.7 Å². The molecule has 41 heavy (non-hydrogen) atoms. The maximum atomic E-state index is 11.3. The molecule has 0 unspecified atom stereocenters. The highest BCUT2D eigenvalue weighted by Gasteiger charge is 2.12. The number of carbonyl (C=O) groups is 5. The second kappa shape index (κ2) is 28.1. The fourth-order valence-electron chi connectivity index (χ4n) is 2.21. The van der Waals surface area contributed by atoms with Gasteiger partial charge in [0.15, 0.2) is 0 Å². The molecule has 0 atom stereocenters. The quantitative estimate of drug-likeness (QED) is 0.269. The van der Waals surface area contributed by atoms with Crippen molar-refractivity contribution in [2.24, 2.45) is 0 Å². The average Bonchev–Trinajstić information content (AvgIpc) is 2.82. The highest BCUT2D eigenvalue weighted by atomic mass is 32.2. The van der Waals surface area contributed by atoms with Crippen LogP contribution >= 0.6 is 23.5 Å². The summed E-state index contributed by atoms with van der Waals surface area (Å²) < 4.78 is 5.18. The monoisotopic (exact) mass is 629 g/mol. The Labute approximate surface area is 256 Å². The average molecular weight is 630 g/mol. The summed E-state index contributed by atoms with van der Waals surface area (Å²) in [5.74, 6) is 0.217. The van der Waals surface area contributed by atoms with Crippen molar-refractivity contribution < 1.29 is 43.2 Å². The Morgan fingerprint density at radius 2 is 0.976 bits per heavy atom. The van der Waals surface area contributed by atoms with E-state index in [0.717, 1.165) is 21.6 Å². The lowest BCUT2D eigenvalue weighted by Gasteiger charge is -2.15. The zero-order valence-electron chi connectivity index (χ0n) is 26.3. The molecule has 0 aliphatic rings. The van der Waals surface area contributed by atoms with Crippen molar-refractivity contribution in [3.8, 4) is 0 Å². The van der Waals surface area contributed by atoms with Gasteiger partial charge in [0.2, 0.25) is 5.91 Å². The van der Waals surface area contributed by atoms with Crippen molar-refractivity contribution in [3.63, 3.8) is 0 Å². The second-order valence-corrected chi connectivity index (χ2v) is 12.4. The molecule has 14 heteroatoms. The molecule has 0 heterocycles. The Hall–Kier alpha value is -2.03. The van der Waals surface area contributed by atoms with Gasteiger partial charge in [-0.1, -0.05) is 35.1 Å². The molecular formula is C27H55N3O9S2. The lowest BCUT2D eigenvalue weighted by molar-refractivity contribution is -0.191. The summed E-state index contributed by atoms with van der Waals surface area (Å²) in [6.45, 7) is 15.0. The summed E-state index contributed by atoms with van der Waals surface area (Å²) in [7, 11) is 5.97. The van der Waals surface area contributed by atoms with E-state index >= 15 is 0 Å². The number of ether oxygens (including phenoxy) is 1. The van der Waals surface area contributed by atoms with Crippen molar-refractivity contribution in [3.05, 3.63) is 0 Å². The van der Waals surface area contributed by atoms with Gasteiger partial charge in [-0.3, -0.25) is 28.8 Å². The molecule has 244 valence electrons. The third kappa shape index (κ3) is 34.1. The highest BCUT2D eigenvalue weighted by molar-refractivity contribution is 8.00. The van der Waals surface area contributed by atoms with Crippen LogP contribution in [0.5, 0.6) is 0 Å². The zero-order valence-corrected chi connectivity index (χ0v) is 27.9. The maximum absolute atomic E-state index is 11.3. The predicted molar refractivity (Wildman–Crippen MR) is 166 cm³/mol. The Balaban J connectivity index is -0.000000248. The molecule has 12 nitrogen and oxygen atoms in total. The standard InChI is InChI=1S/C9H17NO4.C9H17NO3S.C8H17NO2S.CH4/c1-7(2)13-6-5-9(12)10(4)14-8(3)11;1-7(2)14-6-5-9(12)10(4)13-8(3)11;1-7(2)12-6-5-8(10)9(3)11-4;/h2*7H,5-6H2,1-4H3;7H,5-6H2,1-4H3;1H4. The van der Waals surface area contributed by atoms with E-state index in [1.807, 2.05) is 13.8 Å². The Bertz CT molecular complexity index is 695. The van der Waals surface area contributed by atoms with Gasteiger partial charge in [0.05, 0.1) is 26.2 Å². The molecule has 0 saturated carbocycles. The van der Waals surface area contributed by atoms with Crippen LogP contribution in [0.25, 0.3) is 0 Å². The minimum absolute atomic E-state index is 0. The van der Waals surface area contributed by atoms with Crippen LogP contribution in [0.1, 0.15) is 82.1 Å². The van der Waals surface area contributed by atoms with Gasteiger partial charge in [0.1, 0.15) is 0 Å². The van der Waals surface area contributed by atoms with E-state index in [9.17, 15) is 24.0 Å². The molecule has 0 rings (SSSR count). The minimum Gasteiger partial charge on any atom is -0.378 e. The number of hydrogen-bond donors (Lipinski definition) is 0. The van der Waals surface area contributed by atoms with Crippen LogP contribution in [0.3, 0.4) is 0 Å². The molecule has 0 radical (unpaired) electrons. The lowest BCUT2D eigenvalue weighted by Crippen LogP contribution is -2.29. The van der Waals surface area contributed by atoms with Gasteiger partial charge in [0.25, 0.3) is 11.8 Å². The van der Waals surface area contributed by atoms with Crippen LogP contribution in [-0.2, 0) is 43.2 Å². The lowest BCUT2D eigenvalue weighted by atomic mass is 10.4. The van der Waals surface area contributed by atoms with E-state index in [4.69, 9.17) is 9.57 Å². The minimum atomic E-state index is -0.509. The fraction of sp³-hybridized carbons (Fsp3) is 0.815. The van der Waals surface area contributed by atoms with E-state index in [1.165, 1.54) is 40.1 Å². The van der Waals surface area contributed by atoms with Crippen molar-refractivity contribution >= 4 is 53.2 Å². The maximum Gasteiger partial charge on any atom is 0.329 e. The summed E-state index contributed by atoms with van der Waals surface area (Å²) in [5.41, 5.74) is 0. The molecule has 0 aromatic carbocycles. The van der Waals surface area contributed by atoms with Gasteiger partial charge in [-0.05, 0) is 24.3 Å². The third-order valence-corrected chi connectivity index (χ3v) is 6.37. The molecule has 0 spiro atoms. The van der Waals surface area contributed by atoms with Gasteiger partial charge in [-0.15, -0.1) is 0 Å². The largest absolute Gasteiger partial charge is 0.378 e. The van der Waals surface area contributed by atoms with Crippen molar-refractivity contribution in [1.29, 1.82) is 0 Å². The highest BCUT2D eigenvalue weighted by Crippen LogP contribution is 2.11. The second-order valence-electron chi connectivity index (χ2n) is 9.03. The molecule has 0 aliphatic heterocycles. The molecule has 0 fully saturated rings. The van der Waals surface area contributed by atoms with Crippen LogP contribution in [-0.4, -0.2) is 108 Å². The summed E-state index contributed by atoms with van der Waals surface area (Å²) in [4.78, 5) is 68.6. The van der Waals surface area contributed by atoms with Crippen LogP contribution < -0.4 is 0 Å². The van der Waals surface area contributed by atoms with Crippen molar-refractivity contribution in [2.75, 3.05) is 46.4 Å². The molecule has 0 aromatic heterocycles. The Kier molecular flexibility index (Phi) is 31.5. The summed E-state index contributed by atoms with van der Waals surface area (Å²) in [5, 5.41) is 4.28. The summed E-state index contributed by atoms with van der Waals surface area (Å²) >= 11 is 3.49. The molecule has 0 saturated heterocycles. The number of rotatable bonds is 13. The van der Waals surface area contributed by atoms with Gasteiger partial charge < -0.3 is 14.4 Å². The number of carbonyl (C=O) groups excluding carboxylic acids is 5. The molecule has 0 bridgehead atoms. The van der Waals surface area contributed by atoms with E-state index < -0.39 is 11.9 Å². The first kappa shape index (κ1) is 45.9. The third-order valence-electron chi connectivity index (χ3n) is 4.16. The van der Waals surface area contributed by atoms with Gasteiger partial charge >= 0.3 is 11.9 Å². The number of hydroxylamine groups is 6. The number of amides is 3. The predicted octanol–water partition coefficient (Wildman–Crippen LogP) is 4.37. The summed E-state index contributed by atoms with van der Waals surface area (Å²) in [6.07, 6.45) is 1.25. The number of hydrogen-bond acceptors (Lipinski definition) is 11. The molecule has 0 N–H and O–H groups in total. The van der Waals surface area contributed by atoms with E-state index in [0.29, 0.717) is 29.9 Å². The van der Waals surface area contributed by atoms with E-state index in [1.54, 1.807) is 30.6 Å². The van der Waals surface area contributed by atoms with Gasteiger partial charge in [0, 0.05) is 59.3 Å². The first-order valence-electron chi connectivity index (χ1n) is 13.0. The molecule has 0 aromatic rings. The fourth-order valence-corrected chi connectivity index (χ4v) is 3.74. The van der Waals surface area contributed by atoms with E-state index in [2.05, 4.69) is 37.4 Å². The first-order valence-corrected chi connectivity index (χ1v) is 15.1. The Morgan fingerprint density at radius 1 is 0.634 bits per heavy atom. The molecule has 3 amide bonds. The van der Waals surface area contributed by atoms with Gasteiger partial charge in [-0.25, -0.2) is 5.06 Å². The summed E-state index contributed by atoms with van der Waals surface area (Å²) in [6, 6.07) is 0. The van der Waals surface area contributed by atoms with Crippen LogP contribution in [0.2, 0.25) is 0 Å². The van der Waals surface area contributed by atoms with Crippen molar-refractivity contribution in [2.45, 2.75) is 98.7 Å². The van der Waals surface area contributed by atoms with E-state index in [-0.39, 0.29) is 37.7 Å². The first-order chi connectivity index (χ1) is 18.4. The van der Waals surface area contributed by atoms with Crippen molar-refractivity contribution in [1.82, 2.24) is 15.2 Å². The molecular weight excluding hydrogens is 574 g/mol. The SMILES string of the molecule is C.CC(=O)ON(C)C(=O)CCOC(C)C.CC(=O)ON(C)C(=O)CCSC(C)C.CON(C)C(=O)CCSC(C)C. The molecule has 0 aliphatic carbocycles.